The Labute approximate surface area is 54.2 Å². The van der Waals surface area contributed by atoms with Gasteiger partial charge in [0.15, 0.2) is 0 Å². The van der Waals surface area contributed by atoms with Gasteiger partial charge in [0.2, 0.25) is 0 Å². The third-order valence-electron chi connectivity index (χ3n) is 1.46. The summed E-state index contributed by atoms with van der Waals surface area (Å²) in [4.78, 5) is 0. The highest BCUT2D eigenvalue weighted by molar-refractivity contribution is 5.87. The van der Waals surface area contributed by atoms with E-state index in [0.717, 1.165) is 0 Å². The standard InChI is InChI=1S/C6H11NO2/c1-4-2-5(7)6(3-8)9-4/h4,6-8H,2-3H2,1H3. The molecule has 52 valence electrons. The van der Waals surface area contributed by atoms with E-state index in [-0.39, 0.29) is 18.8 Å². The zero-order valence-electron chi connectivity index (χ0n) is 5.42. The first kappa shape index (κ1) is 6.71. The molecule has 1 aliphatic rings. The predicted octanol–water partition coefficient (Wildman–Crippen LogP) is 0.176. The number of hydrogen-bond acceptors (Lipinski definition) is 3. The van der Waals surface area contributed by atoms with Gasteiger partial charge in [-0.3, -0.25) is 0 Å². The number of ether oxygens (including phenoxy) is 1. The Morgan fingerprint density at radius 2 is 2.56 bits per heavy atom. The van der Waals surface area contributed by atoms with Crippen LogP contribution in [-0.2, 0) is 4.74 Å². The molecule has 0 aromatic rings. The van der Waals surface area contributed by atoms with Crippen molar-refractivity contribution in [2.24, 2.45) is 0 Å². The van der Waals surface area contributed by atoms with Crippen molar-refractivity contribution >= 4 is 5.71 Å². The first-order valence-electron chi connectivity index (χ1n) is 3.07. The zero-order valence-corrected chi connectivity index (χ0v) is 5.42. The average Bonchev–Trinajstić information content (AvgIpc) is 2.10. The highest BCUT2D eigenvalue weighted by Crippen LogP contribution is 2.14. The van der Waals surface area contributed by atoms with Gasteiger partial charge in [-0.25, -0.2) is 0 Å². The van der Waals surface area contributed by atoms with Crippen LogP contribution >= 0.6 is 0 Å². The summed E-state index contributed by atoms with van der Waals surface area (Å²) in [7, 11) is 0. The number of rotatable bonds is 1. The third-order valence-corrected chi connectivity index (χ3v) is 1.46. The highest BCUT2D eigenvalue weighted by atomic mass is 16.5. The van der Waals surface area contributed by atoms with E-state index in [4.69, 9.17) is 15.3 Å². The fourth-order valence-corrected chi connectivity index (χ4v) is 1.01. The van der Waals surface area contributed by atoms with E-state index in [0.29, 0.717) is 12.1 Å². The number of hydrogen-bond donors (Lipinski definition) is 2. The molecule has 1 saturated heterocycles. The Hall–Kier alpha value is -0.410. The molecule has 1 rings (SSSR count). The van der Waals surface area contributed by atoms with E-state index in [1.807, 2.05) is 6.92 Å². The van der Waals surface area contributed by atoms with Crippen molar-refractivity contribution in [3.63, 3.8) is 0 Å². The number of nitrogens with one attached hydrogen (secondary N) is 1. The van der Waals surface area contributed by atoms with Gasteiger partial charge in [0, 0.05) is 12.1 Å². The minimum absolute atomic E-state index is 0.0524. The first-order chi connectivity index (χ1) is 4.24. The lowest BCUT2D eigenvalue weighted by molar-refractivity contribution is 0.0354. The molecule has 0 amide bonds. The van der Waals surface area contributed by atoms with Gasteiger partial charge in [0.25, 0.3) is 0 Å². The fraction of sp³-hybridized carbons (Fsp3) is 0.833. The van der Waals surface area contributed by atoms with Crippen LogP contribution in [0.15, 0.2) is 0 Å². The summed E-state index contributed by atoms with van der Waals surface area (Å²) in [5, 5.41) is 15.8. The molecule has 0 aromatic heterocycles. The molecule has 2 atom stereocenters. The number of aliphatic hydroxyl groups excluding tert-OH is 1. The molecular formula is C6H11NO2. The average molecular weight is 129 g/mol. The van der Waals surface area contributed by atoms with Crippen LogP contribution in [0.5, 0.6) is 0 Å². The summed E-state index contributed by atoms with van der Waals surface area (Å²) in [6, 6.07) is 0. The molecule has 0 aromatic carbocycles. The quantitative estimate of drug-likeness (QED) is 0.530. The molecule has 2 unspecified atom stereocenters. The maximum Gasteiger partial charge on any atom is 0.118 e. The topological polar surface area (TPSA) is 53.3 Å². The molecule has 0 aliphatic carbocycles. The summed E-state index contributed by atoms with van der Waals surface area (Å²) in [6.45, 7) is 1.85. The molecule has 0 radical (unpaired) electrons. The van der Waals surface area contributed by atoms with Crippen LogP contribution in [-0.4, -0.2) is 29.6 Å². The smallest absolute Gasteiger partial charge is 0.118 e. The van der Waals surface area contributed by atoms with Crippen LogP contribution in [0, 0.1) is 5.41 Å². The molecule has 2 N–H and O–H groups in total. The predicted molar refractivity (Wildman–Crippen MR) is 33.8 cm³/mol. The first-order valence-corrected chi connectivity index (χ1v) is 3.07. The van der Waals surface area contributed by atoms with E-state index in [1.54, 1.807) is 0 Å². The molecule has 1 fully saturated rings. The Balaban J connectivity index is 2.48. The Morgan fingerprint density at radius 1 is 1.89 bits per heavy atom. The van der Waals surface area contributed by atoms with Gasteiger partial charge in [-0.15, -0.1) is 0 Å². The van der Waals surface area contributed by atoms with Crippen molar-refractivity contribution in [1.29, 1.82) is 5.41 Å². The summed E-state index contributed by atoms with van der Waals surface area (Å²) in [5.74, 6) is 0. The normalized spacial score (nSPS) is 35.6. The van der Waals surface area contributed by atoms with Crippen molar-refractivity contribution < 1.29 is 9.84 Å². The largest absolute Gasteiger partial charge is 0.393 e. The lowest BCUT2D eigenvalue weighted by Crippen LogP contribution is -2.19. The summed E-state index contributed by atoms with van der Waals surface area (Å²) in [5.41, 5.74) is 0.519. The van der Waals surface area contributed by atoms with Gasteiger partial charge >= 0.3 is 0 Å². The monoisotopic (exact) mass is 129 g/mol. The molecular weight excluding hydrogens is 118 g/mol. The lowest BCUT2D eigenvalue weighted by atomic mass is 10.2. The SMILES string of the molecule is CC1CC(=N)C(CO)O1. The van der Waals surface area contributed by atoms with E-state index >= 15 is 0 Å². The second kappa shape index (κ2) is 2.45. The molecule has 3 nitrogen and oxygen atoms in total. The highest BCUT2D eigenvalue weighted by Gasteiger charge is 2.26. The van der Waals surface area contributed by atoms with Crippen LogP contribution in [0.25, 0.3) is 0 Å². The summed E-state index contributed by atoms with van der Waals surface area (Å²) < 4.78 is 5.15. The van der Waals surface area contributed by atoms with Crippen molar-refractivity contribution in [3.05, 3.63) is 0 Å². The third kappa shape index (κ3) is 1.28. The maximum atomic E-state index is 8.59. The summed E-state index contributed by atoms with van der Waals surface area (Å²) >= 11 is 0. The van der Waals surface area contributed by atoms with E-state index in [2.05, 4.69) is 0 Å². The Bertz CT molecular complexity index is 124. The Morgan fingerprint density at radius 3 is 2.78 bits per heavy atom. The van der Waals surface area contributed by atoms with Crippen LogP contribution < -0.4 is 0 Å². The van der Waals surface area contributed by atoms with Crippen molar-refractivity contribution in [2.45, 2.75) is 25.6 Å². The number of aliphatic hydroxyl groups is 1. The second-order valence-electron chi connectivity index (χ2n) is 2.35. The molecule has 9 heavy (non-hydrogen) atoms. The summed E-state index contributed by atoms with van der Waals surface area (Å²) in [6.07, 6.45) is 0.472. The van der Waals surface area contributed by atoms with E-state index in [9.17, 15) is 0 Å². The second-order valence-corrected chi connectivity index (χ2v) is 2.35. The van der Waals surface area contributed by atoms with Crippen LogP contribution in [0.1, 0.15) is 13.3 Å². The van der Waals surface area contributed by atoms with Gasteiger partial charge < -0.3 is 15.3 Å². The minimum atomic E-state index is -0.319. The van der Waals surface area contributed by atoms with Gasteiger partial charge in [0.05, 0.1) is 12.7 Å². The molecule has 0 saturated carbocycles. The van der Waals surface area contributed by atoms with E-state index < -0.39 is 0 Å². The van der Waals surface area contributed by atoms with E-state index in [1.165, 1.54) is 0 Å². The minimum Gasteiger partial charge on any atom is -0.393 e. The molecule has 3 heteroatoms. The van der Waals surface area contributed by atoms with Gasteiger partial charge in [-0.05, 0) is 6.92 Å². The lowest BCUT2D eigenvalue weighted by Gasteiger charge is -2.04. The molecule has 1 heterocycles. The molecule has 0 bridgehead atoms. The molecule has 1 aliphatic heterocycles. The zero-order chi connectivity index (χ0) is 6.85. The van der Waals surface area contributed by atoms with Gasteiger partial charge in [-0.1, -0.05) is 0 Å². The van der Waals surface area contributed by atoms with Crippen molar-refractivity contribution in [1.82, 2.24) is 0 Å². The van der Waals surface area contributed by atoms with Crippen molar-refractivity contribution in [2.75, 3.05) is 6.61 Å². The molecule has 0 spiro atoms. The van der Waals surface area contributed by atoms with Crippen LogP contribution in [0.4, 0.5) is 0 Å². The van der Waals surface area contributed by atoms with Gasteiger partial charge in [-0.2, -0.15) is 0 Å². The van der Waals surface area contributed by atoms with Gasteiger partial charge in [0.1, 0.15) is 6.10 Å². The fourth-order valence-electron chi connectivity index (χ4n) is 1.01. The van der Waals surface area contributed by atoms with Crippen LogP contribution in [0.3, 0.4) is 0 Å². The Kier molecular flexibility index (Phi) is 1.83. The maximum absolute atomic E-state index is 8.59. The van der Waals surface area contributed by atoms with Crippen LogP contribution in [0.2, 0.25) is 0 Å². The van der Waals surface area contributed by atoms with Crippen molar-refractivity contribution in [3.8, 4) is 0 Å².